The van der Waals surface area contributed by atoms with Crippen LogP contribution in [0.1, 0.15) is 15.8 Å². The van der Waals surface area contributed by atoms with E-state index in [0.717, 1.165) is 22.9 Å². The molecule has 1 unspecified atom stereocenters. The molecule has 3 aromatic rings. The normalized spacial score (nSPS) is 27.7. The van der Waals surface area contributed by atoms with Crippen LogP contribution in [0.3, 0.4) is 0 Å². The number of rotatable bonds is 3. The first-order valence-corrected chi connectivity index (χ1v) is 8.79. The number of carbonyl (C=O) groups is 1. The van der Waals surface area contributed by atoms with E-state index in [9.17, 15) is 23.5 Å². The topological polar surface area (TPSA) is 101 Å². The lowest BCUT2D eigenvalue weighted by Crippen LogP contribution is -2.30. The van der Waals surface area contributed by atoms with E-state index in [2.05, 4.69) is 4.98 Å². The molecule has 0 radical (unpaired) electrons. The second kappa shape index (κ2) is 6.30. The van der Waals surface area contributed by atoms with E-state index in [0.29, 0.717) is 17.0 Å². The largest absolute Gasteiger partial charge is 0.477 e. The average Bonchev–Trinajstić information content (AvgIpc) is 3.38. The fourth-order valence-corrected chi connectivity index (χ4v) is 3.51. The minimum atomic E-state index is -2.44. The van der Waals surface area contributed by atoms with E-state index in [-0.39, 0.29) is 0 Å². The lowest BCUT2D eigenvalue weighted by atomic mass is 10.1. The standard InChI is InChI=1S/C20H15F3N4O3/c21-8-1-2-15(13(22)3-8)27-7-12(20(29)30)17(28)9-4-14(23)19(25-18(9)27)26-5-10-11(6-26)16(10)24/h1-4,7,10-11,16H,5-6,24H2,(H,29,30)/t10-,11+,16?/i5D2,6D2. The van der Waals surface area contributed by atoms with E-state index in [1.165, 1.54) is 0 Å². The Bertz CT molecular complexity index is 1440. The molecule has 30 heavy (non-hydrogen) atoms. The Kier molecular flexibility index (Phi) is 3.06. The number of anilines is 1. The second-order valence-electron chi connectivity index (χ2n) is 7.03. The smallest absolute Gasteiger partial charge is 0.341 e. The number of carboxylic acid groups (broad SMARTS) is 1. The molecule has 1 aliphatic heterocycles. The molecule has 2 aliphatic rings. The van der Waals surface area contributed by atoms with Crippen molar-refractivity contribution >= 4 is 22.8 Å². The highest BCUT2D eigenvalue weighted by atomic mass is 19.1. The zero-order chi connectivity index (χ0) is 24.9. The summed E-state index contributed by atoms with van der Waals surface area (Å²) < 4.78 is 77.4. The lowest BCUT2D eigenvalue weighted by Gasteiger charge is -2.22. The summed E-state index contributed by atoms with van der Waals surface area (Å²) in [6.07, 6.45) is 0.735. The van der Waals surface area contributed by atoms with Crippen molar-refractivity contribution < 1.29 is 28.6 Å². The molecule has 3 heterocycles. The van der Waals surface area contributed by atoms with Crippen LogP contribution in [0.4, 0.5) is 19.0 Å². The summed E-state index contributed by atoms with van der Waals surface area (Å²) in [7, 11) is 0. The fourth-order valence-electron chi connectivity index (χ4n) is 3.51. The molecular weight excluding hydrogens is 401 g/mol. The van der Waals surface area contributed by atoms with Gasteiger partial charge in [0, 0.05) is 36.8 Å². The van der Waals surface area contributed by atoms with Gasteiger partial charge in [0.2, 0.25) is 5.43 Å². The van der Waals surface area contributed by atoms with Crippen molar-refractivity contribution in [2.45, 2.75) is 6.04 Å². The van der Waals surface area contributed by atoms with Crippen LogP contribution in [0.5, 0.6) is 0 Å². The van der Waals surface area contributed by atoms with E-state index < -0.39 is 87.8 Å². The SMILES string of the molecule is [2H]C1([2H])[C@@H]2C(N)[C@@H]2C([2H])([2H])N1c1nc2c(cc1F)c(=O)c(C(=O)O)cn2-c1ccc(F)cc1F. The Labute approximate surface area is 172 Å². The van der Waals surface area contributed by atoms with Gasteiger partial charge in [-0.3, -0.25) is 9.36 Å². The summed E-state index contributed by atoms with van der Waals surface area (Å²) in [5.41, 5.74) is 2.91. The quantitative estimate of drug-likeness (QED) is 0.671. The third-order valence-electron chi connectivity index (χ3n) is 5.16. The van der Waals surface area contributed by atoms with Crippen LogP contribution in [-0.2, 0) is 0 Å². The number of fused-ring (bicyclic) bond motifs is 2. The van der Waals surface area contributed by atoms with E-state index in [4.69, 9.17) is 11.2 Å². The highest BCUT2D eigenvalue weighted by Gasteiger charge is 2.54. The third-order valence-corrected chi connectivity index (χ3v) is 5.16. The van der Waals surface area contributed by atoms with Gasteiger partial charge >= 0.3 is 5.97 Å². The number of nitrogens with zero attached hydrogens (tertiary/aromatic N) is 3. The number of pyridine rings is 2. The Morgan fingerprint density at radius 3 is 2.53 bits per heavy atom. The number of nitrogens with two attached hydrogens (primary N) is 1. The van der Waals surface area contributed by atoms with Crippen molar-refractivity contribution in [1.29, 1.82) is 0 Å². The first-order valence-electron chi connectivity index (χ1n) is 10.8. The molecule has 2 fully saturated rings. The molecule has 154 valence electrons. The molecule has 1 aliphatic carbocycles. The molecule has 2 aromatic heterocycles. The van der Waals surface area contributed by atoms with Gasteiger partial charge in [-0.1, -0.05) is 0 Å². The maximum Gasteiger partial charge on any atom is 0.341 e. The van der Waals surface area contributed by atoms with Crippen molar-refractivity contribution in [3.8, 4) is 5.69 Å². The van der Waals surface area contributed by atoms with Crippen LogP contribution in [0, 0.1) is 29.3 Å². The summed E-state index contributed by atoms with van der Waals surface area (Å²) in [6.45, 7) is -4.88. The van der Waals surface area contributed by atoms with Crippen LogP contribution in [0.25, 0.3) is 16.7 Å². The van der Waals surface area contributed by atoms with Crippen molar-refractivity contribution in [1.82, 2.24) is 9.55 Å². The van der Waals surface area contributed by atoms with E-state index in [1.807, 2.05) is 0 Å². The first kappa shape index (κ1) is 14.6. The van der Waals surface area contributed by atoms with Crippen molar-refractivity contribution in [2.75, 3.05) is 17.9 Å². The molecule has 3 atom stereocenters. The van der Waals surface area contributed by atoms with Crippen LogP contribution in [-0.4, -0.2) is 39.7 Å². The molecule has 7 nitrogen and oxygen atoms in total. The highest BCUT2D eigenvalue weighted by molar-refractivity contribution is 5.92. The molecule has 1 saturated heterocycles. The number of aromatic nitrogens is 2. The Balaban J connectivity index is 1.83. The maximum atomic E-state index is 15.2. The third kappa shape index (κ3) is 2.67. The summed E-state index contributed by atoms with van der Waals surface area (Å²) >= 11 is 0. The lowest BCUT2D eigenvalue weighted by molar-refractivity contribution is 0.0695. The molecule has 0 spiro atoms. The van der Waals surface area contributed by atoms with Crippen LogP contribution in [0.2, 0.25) is 0 Å². The minimum absolute atomic E-state index is 0.420. The summed E-state index contributed by atoms with van der Waals surface area (Å²) in [5, 5.41) is 8.83. The van der Waals surface area contributed by atoms with Gasteiger partial charge in [-0.2, -0.15) is 0 Å². The summed E-state index contributed by atoms with van der Waals surface area (Å²) in [6, 6.07) is 2.15. The van der Waals surface area contributed by atoms with Gasteiger partial charge in [0.05, 0.1) is 11.1 Å². The highest BCUT2D eigenvalue weighted by Crippen LogP contribution is 2.45. The number of aromatic carboxylic acids is 1. The van der Waals surface area contributed by atoms with E-state index in [1.54, 1.807) is 0 Å². The number of halogens is 3. The molecule has 3 N–H and O–H groups in total. The van der Waals surface area contributed by atoms with Gasteiger partial charge < -0.3 is 15.7 Å². The van der Waals surface area contributed by atoms with Gasteiger partial charge in [0.25, 0.3) is 0 Å². The van der Waals surface area contributed by atoms with E-state index >= 15 is 4.39 Å². The van der Waals surface area contributed by atoms with Gasteiger partial charge in [-0.15, -0.1) is 0 Å². The molecule has 5 rings (SSSR count). The predicted octanol–water partition coefficient (Wildman–Crippen LogP) is 1.89. The average molecular weight is 420 g/mol. The predicted molar refractivity (Wildman–Crippen MR) is 101 cm³/mol. The molecule has 0 bridgehead atoms. The van der Waals surface area contributed by atoms with Gasteiger partial charge in [-0.25, -0.2) is 22.9 Å². The number of carboxylic acids is 1. The monoisotopic (exact) mass is 420 g/mol. The van der Waals surface area contributed by atoms with Crippen molar-refractivity contribution in [3.63, 3.8) is 0 Å². The molecular formula is C20H15F3N4O3. The van der Waals surface area contributed by atoms with Gasteiger partial charge in [-0.05, 0) is 30.0 Å². The van der Waals surface area contributed by atoms with Gasteiger partial charge in [0.15, 0.2) is 17.3 Å². The second-order valence-corrected chi connectivity index (χ2v) is 7.03. The molecule has 0 amide bonds. The first-order chi connectivity index (χ1) is 15.8. The zero-order valence-corrected chi connectivity index (χ0v) is 14.9. The van der Waals surface area contributed by atoms with Crippen LogP contribution in [0.15, 0.2) is 35.3 Å². The maximum absolute atomic E-state index is 15.2. The van der Waals surface area contributed by atoms with Crippen molar-refractivity contribution in [2.24, 2.45) is 17.6 Å². The molecule has 1 aromatic carbocycles. The molecule has 10 heteroatoms. The fraction of sp³-hybridized carbons (Fsp3) is 0.250. The Morgan fingerprint density at radius 2 is 1.90 bits per heavy atom. The number of benzene rings is 1. The van der Waals surface area contributed by atoms with Crippen molar-refractivity contribution in [3.05, 3.63) is 63.7 Å². The summed E-state index contributed by atoms with van der Waals surface area (Å²) in [5.74, 6) is -7.74. The van der Waals surface area contributed by atoms with Crippen LogP contribution < -0.4 is 16.1 Å². The molecule has 1 saturated carbocycles. The zero-order valence-electron chi connectivity index (χ0n) is 18.9. The Hall–Kier alpha value is -3.40. The number of piperidine rings is 1. The number of hydrogen-bond acceptors (Lipinski definition) is 5. The minimum Gasteiger partial charge on any atom is -0.477 e. The summed E-state index contributed by atoms with van der Waals surface area (Å²) in [4.78, 5) is 28.8. The Morgan fingerprint density at radius 1 is 1.20 bits per heavy atom. The van der Waals surface area contributed by atoms with Gasteiger partial charge in [0.1, 0.15) is 17.2 Å². The number of hydrogen-bond donors (Lipinski definition) is 2. The van der Waals surface area contributed by atoms with Crippen LogP contribution >= 0.6 is 0 Å².